The average molecular weight is 405 g/mol. The molecule has 1 amide bonds. The van der Waals surface area contributed by atoms with Crippen LogP contribution in [0.3, 0.4) is 0 Å². The molecule has 156 valence electrons. The van der Waals surface area contributed by atoms with Crippen LogP contribution in [-0.4, -0.2) is 37.8 Å². The minimum Gasteiger partial charge on any atom is -0.490 e. The van der Waals surface area contributed by atoms with Crippen LogP contribution in [0, 0.1) is 5.82 Å². The van der Waals surface area contributed by atoms with Crippen LogP contribution < -0.4 is 19.5 Å². The van der Waals surface area contributed by atoms with E-state index in [1.165, 1.54) is 31.2 Å². The molecule has 2 rings (SSSR count). The molecule has 0 aromatic heterocycles. The molecular formula is C21H24FNO6. The predicted octanol–water partition coefficient (Wildman–Crippen LogP) is 3.57. The van der Waals surface area contributed by atoms with Gasteiger partial charge < -0.3 is 24.3 Å². The highest BCUT2D eigenvalue weighted by molar-refractivity contribution is 5.93. The fraction of sp³-hybridized carbons (Fsp3) is 0.333. The van der Waals surface area contributed by atoms with Gasteiger partial charge in [-0.05, 0) is 57.2 Å². The molecule has 0 heterocycles. The summed E-state index contributed by atoms with van der Waals surface area (Å²) in [7, 11) is 0. The van der Waals surface area contributed by atoms with E-state index in [0.717, 1.165) is 0 Å². The Balaban J connectivity index is 1.86. The zero-order valence-corrected chi connectivity index (χ0v) is 16.6. The Kier molecular flexibility index (Phi) is 8.27. The van der Waals surface area contributed by atoms with Crippen molar-refractivity contribution in [2.24, 2.45) is 0 Å². The van der Waals surface area contributed by atoms with Gasteiger partial charge in [-0.1, -0.05) is 0 Å². The molecule has 0 saturated carbocycles. The molecule has 7 nitrogen and oxygen atoms in total. The number of nitrogens with one attached hydrogen (secondary N) is 1. The SMILES string of the molecule is CCOc1ccc(NC(=O)COC(=O)[C@H](C)Oc2ccc(F)cc2)cc1OCC. The Bertz CT molecular complexity index is 824. The molecule has 0 spiro atoms. The van der Waals surface area contributed by atoms with Gasteiger partial charge in [0.2, 0.25) is 0 Å². The maximum atomic E-state index is 12.9. The lowest BCUT2D eigenvalue weighted by Crippen LogP contribution is -2.29. The Labute approximate surface area is 168 Å². The van der Waals surface area contributed by atoms with Gasteiger partial charge in [0.1, 0.15) is 11.6 Å². The predicted molar refractivity (Wildman–Crippen MR) is 105 cm³/mol. The summed E-state index contributed by atoms with van der Waals surface area (Å²) in [6.07, 6.45) is -0.955. The van der Waals surface area contributed by atoms with E-state index in [9.17, 15) is 14.0 Å². The van der Waals surface area contributed by atoms with Crippen LogP contribution in [0.5, 0.6) is 17.2 Å². The highest BCUT2D eigenvalue weighted by atomic mass is 19.1. The average Bonchev–Trinajstić information content (AvgIpc) is 2.70. The van der Waals surface area contributed by atoms with Crippen molar-refractivity contribution in [3.05, 3.63) is 48.3 Å². The van der Waals surface area contributed by atoms with E-state index in [0.29, 0.717) is 36.1 Å². The van der Waals surface area contributed by atoms with Gasteiger partial charge in [0.05, 0.1) is 13.2 Å². The van der Waals surface area contributed by atoms with Crippen LogP contribution in [0.15, 0.2) is 42.5 Å². The molecule has 29 heavy (non-hydrogen) atoms. The molecule has 0 bridgehead atoms. The molecule has 0 fully saturated rings. The number of hydrogen-bond donors (Lipinski definition) is 1. The van der Waals surface area contributed by atoms with Gasteiger partial charge in [-0.15, -0.1) is 0 Å². The lowest BCUT2D eigenvalue weighted by Gasteiger charge is -2.15. The van der Waals surface area contributed by atoms with E-state index >= 15 is 0 Å². The smallest absolute Gasteiger partial charge is 0.347 e. The van der Waals surface area contributed by atoms with E-state index in [2.05, 4.69) is 5.32 Å². The fourth-order valence-corrected chi connectivity index (χ4v) is 2.35. The van der Waals surface area contributed by atoms with Gasteiger partial charge in [0.25, 0.3) is 5.91 Å². The van der Waals surface area contributed by atoms with Crippen molar-refractivity contribution in [1.82, 2.24) is 0 Å². The number of rotatable bonds is 10. The monoisotopic (exact) mass is 405 g/mol. The van der Waals surface area contributed by atoms with Crippen LogP contribution in [0.25, 0.3) is 0 Å². The molecule has 2 aromatic rings. The largest absolute Gasteiger partial charge is 0.490 e. The topological polar surface area (TPSA) is 83.1 Å². The molecule has 2 aromatic carbocycles. The highest BCUT2D eigenvalue weighted by Crippen LogP contribution is 2.30. The van der Waals surface area contributed by atoms with Crippen LogP contribution in [-0.2, 0) is 14.3 Å². The molecule has 0 aliphatic carbocycles. The van der Waals surface area contributed by atoms with Crippen molar-refractivity contribution >= 4 is 17.6 Å². The maximum Gasteiger partial charge on any atom is 0.347 e. The second-order valence-corrected chi connectivity index (χ2v) is 5.90. The van der Waals surface area contributed by atoms with E-state index in [4.69, 9.17) is 18.9 Å². The first-order valence-corrected chi connectivity index (χ1v) is 9.21. The zero-order chi connectivity index (χ0) is 21.2. The van der Waals surface area contributed by atoms with Crippen LogP contribution in [0.1, 0.15) is 20.8 Å². The van der Waals surface area contributed by atoms with E-state index in [-0.39, 0.29) is 0 Å². The molecule has 8 heteroatoms. The number of anilines is 1. The van der Waals surface area contributed by atoms with Gasteiger partial charge >= 0.3 is 5.97 Å². The summed E-state index contributed by atoms with van der Waals surface area (Å²) in [6.45, 7) is 5.63. The molecule has 0 aliphatic heterocycles. The molecule has 0 unspecified atom stereocenters. The minimum atomic E-state index is -0.955. The third kappa shape index (κ3) is 6.99. The number of halogens is 1. The van der Waals surface area contributed by atoms with Gasteiger partial charge in [-0.3, -0.25) is 4.79 Å². The Hall–Kier alpha value is -3.29. The maximum absolute atomic E-state index is 12.9. The molecule has 0 radical (unpaired) electrons. The molecule has 1 N–H and O–H groups in total. The quantitative estimate of drug-likeness (QED) is 0.609. The Morgan fingerprint density at radius 2 is 1.66 bits per heavy atom. The molecule has 1 atom stereocenters. The first-order valence-electron chi connectivity index (χ1n) is 9.21. The summed E-state index contributed by atoms with van der Waals surface area (Å²) in [5.74, 6) is -0.245. The van der Waals surface area contributed by atoms with Crippen molar-refractivity contribution < 1.29 is 32.9 Å². The summed E-state index contributed by atoms with van der Waals surface area (Å²) >= 11 is 0. The summed E-state index contributed by atoms with van der Waals surface area (Å²) in [6, 6.07) is 10.2. The van der Waals surface area contributed by atoms with E-state index in [1.54, 1.807) is 18.2 Å². The summed E-state index contributed by atoms with van der Waals surface area (Å²) < 4.78 is 34.2. The molecule has 0 aliphatic rings. The van der Waals surface area contributed by atoms with Gasteiger partial charge in [-0.2, -0.15) is 0 Å². The number of carbonyl (C=O) groups is 2. The summed E-state index contributed by atoms with van der Waals surface area (Å²) in [4.78, 5) is 24.1. The van der Waals surface area contributed by atoms with Crippen molar-refractivity contribution in [2.75, 3.05) is 25.1 Å². The second-order valence-electron chi connectivity index (χ2n) is 5.90. The van der Waals surface area contributed by atoms with Crippen molar-refractivity contribution in [3.63, 3.8) is 0 Å². The molecular weight excluding hydrogens is 381 g/mol. The van der Waals surface area contributed by atoms with Crippen LogP contribution >= 0.6 is 0 Å². The summed E-state index contributed by atoms with van der Waals surface area (Å²) in [5.41, 5.74) is 0.480. The minimum absolute atomic E-state index is 0.318. The van der Waals surface area contributed by atoms with E-state index in [1.807, 2.05) is 13.8 Å². The number of carbonyl (C=O) groups excluding carboxylic acids is 2. The lowest BCUT2D eigenvalue weighted by atomic mass is 10.2. The van der Waals surface area contributed by atoms with Crippen LogP contribution in [0.2, 0.25) is 0 Å². The van der Waals surface area contributed by atoms with Crippen LogP contribution in [0.4, 0.5) is 10.1 Å². The van der Waals surface area contributed by atoms with Crippen molar-refractivity contribution in [3.8, 4) is 17.2 Å². The molecule has 0 saturated heterocycles. The first-order chi connectivity index (χ1) is 13.9. The standard InChI is InChI=1S/C21H24FNO6/c1-4-26-18-11-8-16(12-19(18)27-5-2)23-20(24)13-28-21(25)14(3)29-17-9-6-15(22)7-10-17/h6-12,14H,4-5,13H2,1-3H3,(H,23,24)/t14-/m0/s1. The normalized spacial score (nSPS) is 11.3. The fourth-order valence-electron chi connectivity index (χ4n) is 2.35. The van der Waals surface area contributed by atoms with Crippen molar-refractivity contribution in [2.45, 2.75) is 26.9 Å². The van der Waals surface area contributed by atoms with Gasteiger partial charge in [0.15, 0.2) is 24.2 Å². The number of amides is 1. The van der Waals surface area contributed by atoms with Gasteiger partial charge in [0, 0.05) is 11.8 Å². The van der Waals surface area contributed by atoms with E-state index < -0.39 is 30.4 Å². The first kappa shape index (κ1) is 22.0. The number of ether oxygens (including phenoxy) is 4. The number of benzene rings is 2. The van der Waals surface area contributed by atoms with Crippen molar-refractivity contribution in [1.29, 1.82) is 0 Å². The Morgan fingerprint density at radius 3 is 2.31 bits per heavy atom. The zero-order valence-electron chi connectivity index (χ0n) is 16.6. The Morgan fingerprint density at radius 1 is 1.00 bits per heavy atom. The van der Waals surface area contributed by atoms with Gasteiger partial charge in [-0.25, -0.2) is 9.18 Å². The highest BCUT2D eigenvalue weighted by Gasteiger charge is 2.18. The second kappa shape index (κ2) is 10.9. The number of hydrogen-bond acceptors (Lipinski definition) is 6. The third-order valence-corrected chi connectivity index (χ3v) is 3.63. The summed E-state index contributed by atoms with van der Waals surface area (Å²) in [5, 5.41) is 2.63. The number of esters is 1. The lowest BCUT2D eigenvalue weighted by molar-refractivity contribution is -0.153. The third-order valence-electron chi connectivity index (χ3n) is 3.63.